The fourth-order valence-electron chi connectivity index (χ4n) is 5.61. The third-order valence-corrected chi connectivity index (χ3v) is 8.17. The number of benzene rings is 3. The fraction of sp³-hybridized carbons (Fsp3) is 0.265. The van der Waals surface area contributed by atoms with Gasteiger partial charge >= 0.3 is 5.97 Å². The second-order valence-corrected chi connectivity index (χ2v) is 11.2. The summed E-state index contributed by atoms with van der Waals surface area (Å²) < 4.78 is 39.2. The number of carbonyl (C=O) groups is 1. The van der Waals surface area contributed by atoms with Crippen molar-refractivity contribution >= 4 is 17.6 Å². The summed E-state index contributed by atoms with van der Waals surface area (Å²) in [7, 11) is 0. The van der Waals surface area contributed by atoms with Crippen LogP contribution >= 0.6 is 11.6 Å². The number of rotatable bonds is 11. The number of carboxylic acid groups (broad SMARTS) is 1. The number of fused-ring (bicyclic) bond motifs is 2. The topological polar surface area (TPSA) is 143 Å². The van der Waals surface area contributed by atoms with E-state index >= 15 is 4.39 Å². The Morgan fingerprint density at radius 2 is 2.00 bits per heavy atom. The predicted octanol–water partition coefficient (Wildman–Crippen LogP) is 5.36. The SMILES string of the molecule is N#Cc1ccnc(COc2cc(O[C@H]3CCc4c(-c5ccc6c(c5F)OCCO6)cccc43)c(Cl)cc2CN[C@@H](CO)C(=O)O)c1. The van der Waals surface area contributed by atoms with Gasteiger partial charge in [-0.3, -0.25) is 15.1 Å². The lowest BCUT2D eigenvalue weighted by Crippen LogP contribution is -2.39. The molecule has 3 aromatic carbocycles. The zero-order valence-electron chi connectivity index (χ0n) is 24.5. The molecule has 0 fully saturated rings. The van der Waals surface area contributed by atoms with Crippen LogP contribution in [0.15, 0.2) is 60.8 Å². The number of hydrogen-bond acceptors (Lipinski definition) is 9. The minimum absolute atomic E-state index is 0.0165. The van der Waals surface area contributed by atoms with Gasteiger partial charge < -0.3 is 29.2 Å². The van der Waals surface area contributed by atoms with Gasteiger partial charge in [0.25, 0.3) is 0 Å². The van der Waals surface area contributed by atoms with Crippen molar-refractivity contribution in [2.75, 3.05) is 19.8 Å². The molecule has 0 saturated heterocycles. The van der Waals surface area contributed by atoms with Crippen molar-refractivity contribution in [1.29, 1.82) is 5.26 Å². The fourth-order valence-corrected chi connectivity index (χ4v) is 5.85. The first-order valence-electron chi connectivity index (χ1n) is 14.6. The summed E-state index contributed by atoms with van der Waals surface area (Å²) in [5.74, 6) is -0.484. The second-order valence-electron chi connectivity index (χ2n) is 10.8. The monoisotopic (exact) mass is 645 g/mol. The van der Waals surface area contributed by atoms with E-state index in [-0.39, 0.29) is 36.6 Å². The van der Waals surface area contributed by atoms with Crippen molar-refractivity contribution in [2.45, 2.75) is 38.1 Å². The zero-order chi connectivity index (χ0) is 32.2. The number of hydrogen-bond donors (Lipinski definition) is 3. The van der Waals surface area contributed by atoms with Crippen LogP contribution in [0, 0.1) is 17.1 Å². The zero-order valence-corrected chi connectivity index (χ0v) is 25.2. The first kappa shape index (κ1) is 31.1. The highest BCUT2D eigenvalue weighted by molar-refractivity contribution is 6.32. The average Bonchev–Trinajstić information content (AvgIpc) is 3.48. The first-order valence-corrected chi connectivity index (χ1v) is 15.0. The molecule has 3 N–H and O–H groups in total. The Kier molecular flexibility index (Phi) is 9.21. The molecule has 0 amide bonds. The van der Waals surface area contributed by atoms with Crippen molar-refractivity contribution in [3.8, 4) is 40.2 Å². The molecule has 10 nitrogen and oxygen atoms in total. The molecule has 6 rings (SSSR count). The highest BCUT2D eigenvalue weighted by Gasteiger charge is 2.30. The first-order chi connectivity index (χ1) is 22.4. The highest BCUT2D eigenvalue weighted by Crippen LogP contribution is 2.45. The number of nitrogens with one attached hydrogen (secondary N) is 1. The van der Waals surface area contributed by atoms with Crippen LogP contribution in [0.2, 0.25) is 5.02 Å². The van der Waals surface area contributed by atoms with Crippen LogP contribution in [-0.4, -0.2) is 47.0 Å². The largest absolute Gasteiger partial charge is 0.487 e. The maximum atomic E-state index is 15.6. The number of nitrogens with zero attached hydrogens (tertiary/aromatic N) is 2. The molecule has 4 aromatic rings. The molecule has 12 heteroatoms. The van der Waals surface area contributed by atoms with Gasteiger partial charge in [0.05, 0.1) is 29.0 Å². The van der Waals surface area contributed by atoms with Crippen molar-refractivity contribution in [2.24, 2.45) is 0 Å². The number of nitriles is 1. The lowest BCUT2D eigenvalue weighted by Gasteiger charge is -2.21. The maximum Gasteiger partial charge on any atom is 0.323 e. The normalized spacial score (nSPS) is 15.5. The number of aromatic nitrogens is 1. The maximum absolute atomic E-state index is 15.6. The van der Waals surface area contributed by atoms with Crippen molar-refractivity contribution in [3.05, 3.63) is 99.6 Å². The number of carboxylic acids is 1. The van der Waals surface area contributed by atoms with Crippen LogP contribution in [0.3, 0.4) is 0 Å². The molecule has 236 valence electrons. The van der Waals surface area contributed by atoms with Gasteiger partial charge in [0.15, 0.2) is 17.3 Å². The van der Waals surface area contributed by atoms with Crippen LogP contribution in [0.25, 0.3) is 11.1 Å². The molecule has 1 aliphatic heterocycles. The quantitative estimate of drug-likeness (QED) is 0.195. The Labute approximate surface area is 268 Å². The minimum atomic E-state index is -1.20. The number of ether oxygens (including phenoxy) is 4. The third-order valence-electron chi connectivity index (χ3n) is 7.88. The standard InChI is InChI=1S/C34H29ClFN3O7/c35-26-13-20(16-39-27(17-40)34(41)42)30(45-18-21-12-19(15-37)8-9-38-21)14-31(26)46-28-6-4-23-22(2-1-3-24(23)28)25-5-7-29-33(32(25)36)44-11-10-43-29/h1-3,5,7-9,12-14,27-28,39-40H,4,6,10-11,16-18H2,(H,41,42)/t27-,28-/m0/s1. The molecule has 1 aliphatic carbocycles. The van der Waals surface area contributed by atoms with Crippen molar-refractivity contribution < 1.29 is 38.3 Å². The smallest absolute Gasteiger partial charge is 0.323 e. The van der Waals surface area contributed by atoms with E-state index in [2.05, 4.69) is 16.4 Å². The number of aliphatic hydroxyl groups is 1. The van der Waals surface area contributed by atoms with E-state index in [9.17, 15) is 20.3 Å². The van der Waals surface area contributed by atoms with Crippen LogP contribution < -0.4 is 24.3 Å². The molecular formula is C34H29ClFN3O7. The lowest BCUT2D eigenvalue weighted by atomic mass is 9.96. The minimum Gasteiger partial charge on any atom is -0.487 e. The van der Waals surface area contributed by atoms with Gasteiger partial charge in [-0.15, -0.1) is 0 Å². The second kappa shape index (κ2) is 13.6. The summed E-state index contributed by atoms with van der Waals surface area (Å²) >= 11 is 6.69. The highest BCUT2D eigenvalue weighted by atomic mass is 35.5. The number of aliphatic hydroxyl groups excluding tert-OH is 1. The van der Waals surface area contributed by atoms with Crippen molar-refractivity contribution in [1.82, 2.24) is 10.3 Å². The molecule has 2 aliphatic rings. The van der Waals surface area contributed by atoms with Crippen LogP contribution in [0.5, 0.6) is 23.0 Å². The average molecular weight is 646 g/mol. The number of pyridine rings is 1. The van der Waals surface area contributed by atoms with Gasteiger partial charge in [0.2, 0.25) is 0 Å². The molecule has 0 saturated carbocycles. The van der Waals surface area contributed by atoms with Gasteiger partial charge in [-0.1, -0.05) is 29.8 Å². The van der Waals surface area contributed by atoms with E-state index in [0.717, 1.165) is 16.7 Å². The van der Waals surface area contributed by atoms with Gasteiger partial charge in [-0.25, -0.2) is 4.39 Å². The van der Waals surface area contributed by atoms with Gasteiger partial charge in [-0.05, 0) is 59.9 Å². The molecule has 0 radical (unpaired) electrons. The Balaban J connectivity index is 1.28. The third kappa shape index (κ3) is 6.41. The van der Waals surface area contributed by atoms with E-state index < -0.39 is 24.4 Å². The summed E-state index contributed by atoms with van der Waals surface area (Å²) in [6.07, 6.45) is 2.39. The van der Waals surface area contributed by atoms with E-state index in [1.807, 2.05) is 18.2 Å². The number of halogens is 2. The number of aliphatic carboxylic acids is 1. The summed E-state index contributed by atoms with van der Waals surface area (Å²) in [5, 5.41) is 31.1. The lowest BCUT2D eigenvalue weighted by molar-refractivity contribution is -0.140. The van der Waals surface area contributed by atoms with E-state index in [0.29, 0.717) is 59.1 Å². The molecule has 0 spiro atoms. The van der Waals surface area contributed by atoms with E-state index in [1.54, 1.807) is 36.4 Å². The van der Waals surface area contributed by atoms with E-state index in [1.165, 1.54) is 6.20 Å². The van der Waals surface area contributed by atoms with Crippen LogP contribution in [-0.2, 0) is 24.4 Å². The summed E-state index contributed by atoms with van der Waals surface area (Å²) in [6, 6.07) is 16.4. The predicted molar refractivity (Wildman–Crippen MR) is 165 cm³/mol. The Hall–Kier alpha value is -4.89. The molecule has 2 atom stereocenters. The van der Waals surface area contributed by atoms with E-state index in [4.69, 9.17) is 30.5 Å². The van der Waals surface area contributed by atoms with Crippen LogP contribution in [0.4, 0.5) is 4.39 Å². The Bertz CT molecular complexity index is 1830. The summed E-state index contributed by atoms with van der Waals surface area (Å²) in [5.41, 5.74) is 4.50. The molecule has 0 bridgehead atoms. The molecule has 0 unspecified atom stereocenters. The Morgan fingerprint density at radius 3 is 2.80 bits per heavy atom. The van der Waals surface area contributed by atoms with Gasteiger partial charge in [0.1, 0.15) is 43.5 Å². The molecule has 46 heavy (non-hydrogen) atoms. The summed E-state index contributed by atoms with van der Waals surface area (Å²) in [4.78, 5) is 15.7. The molecule has 1 aromatic heterocycles. The summed E-state index contributed by atoms with van der Waals surface area (Å²) in [6.45, 7) is 0.0828. The Morgan fingerprint density at radius 1 is 1.15 bits per heavy atom. The molecule has 2 heterocycles. The van der Waals surface area contributed by atoms with Gasteiger partial charge in [-0.2, -0.15) is 5.26 Å². The van der Waals surface area contributed by atoms with Crippen molar-refractivity contribution in [3.63, 3.8) is 0 Å². The van der Waals surface area contributed by atoms with Gasteiger partial charge in [0, 0.05) is 29.9 Å². The molecular weight excluding hydrogens is 617 g/mol. The van der Waals surface area contributed by atoms with Crippen LogP contribution in [0.1, 0.15) is 40.5 Å².